The average Bonchev–Trinajstić information content (AvgIpc) is 3.07. The summed E-state index contributed by atoms with van der Waals surface area (Å²) in [4.78, 5) is 12.3. The fourth-order valence-electron chi connectivity index (χ4n) is 2.92. The largest absolute Gasteiger partial charge is 0.433 e. The van der Waals surface area contributed by atoms with Gasteiger partial charge in [-0.25, -0.2) is 0 Å². The topological polar surface area (TPSA) is 85.5 Å². The van der Waals surface area contributed by atoms with Gasteiger partial charge in [-0.15, -0.1) is 0 Å². The van der Waals surface area contributed by atoms with Crippen LogP contribution < -0.4 is 10.6 Å². The molecule has 1 aromatic heterocycles. The van der Waals surface area contributed by atoms with E-state index >= 15 is 0 Å². The monoisotopic (exact) mass is 287 g/mol. The summed E-state index contributed by atoms with van der Waals surface area (Å²) in [6.45, 7) is 2.05. The summed E-state index contributed by atoms with van der Waals surface area (Å²) in [7, 11) is 0. The molecule has 2 aromatic rings. The van der Waals surface area contributed by atoms with Crippen molar-refractivity contribution in [2.45, 2.75) is 18.9 Å². The average molecular weight is 287 g/mol. The van der Waals surface area contributed by atoms with Crippen LogP contribution >= 0.6 is 0 Å². The molecule has 1 aliphatic rings. The van der Waals surface area contributed by atoms with E-state index < -0.39 is 4.92 Å². The predicted molar refractivity (Wildman–Crippen MR) is 79.3 cm³/mol. The van der Waals surface area contributed by atoms with Gasteiger partial charge in [0.15, 0.2) is 0 Å². The molecule has 6 nitrogen and oxygen atoms in total. The number of hydrogen-bond donors (Lipinski definition) is 1. The fraction of sp³-hybridized carbons (Fsp3) is 0.333. The van der Waals surface area contributed by atoms with E-state index in [0.717, 1.165) is 18.7 Å². The van der Waals surface area contributed by atoms with Gasteiger partial charge in [0.2, 0.25) is 0 Å². The Morgan fingerprint density at radius 2 is 2.14 bits per heavy atom. The van der Waals surface area contributed by atoms with E-state index in [0.29, 0.717) is 24.8 Å². The first-order valence-electron chi connectivity index (χ1n) is 6.96. The number of para-hydroxylation sites is 1. The molecule has 0 amide bonds. The normalized spacial score (nSPS) is 17.0. The number of nitro groups is 1. The molecule has 0 radical (unpaired) electrons. The Kier molecular flexibility index (Phi) is 3.62. The van der Waals surface area contributed by atoms with Gasteiger partial charge in [0.1, 0.15) is 10.7 Å². The standard InChI is InChI=1S/C15H17N3O3/c16-8-7-11-9-17(14-4-2-1-3-13(11)14)10-12-5-6-15(21-12)18(19)20/h1-6,11H,7-10,16H2. The van der Waals surface area contributed by atoms with Crippen molar-refractivity contribution in [1.82, 2.24) is 0 Å². The number of rotatable bonds is 5. The second-order valence-corrected chi connectivity index (χ2v) is 5.21. The molecule has 0 bridgehead atoms. The van der Waals surface area contributed by atoms with Crippen molar-refractivity contribution in [3.8, 4) is 0 Å². The Morgan fingerprint density at radius 1 is 1.33 bits per heavy atom. The third kappa shape index (κ3) is 2.62. The number of benzene rings is 1. The Bertz CT molecular complexity index is 653. The van der Waals surface area contributed by atoms with Crippen molar-refractivity contribution in [3.63, 3.8) is 0 Å². The lowest BCUT2D eigenvalue weighted by atomic mass is 9.98. The van der Waals surface area contributed by atoms with E-state index in [1.54, 1.807) is 6.07 Å². The summed E-state index contributed by atoms with van der Waals surface area (Å²) >= 11 is 0. The highest BCUT2D eigenvalue weighted by Crippen LogP contribution is 2.38. The molecular formula is C15H17N3O3. The van der Waals surface area contributed by atoms with Crippen molar-refractivity contribution >= 4 is 11.6 Å². The van der Waals surface area contributed by atoms with Gasteiger partial charge >= 0.3 is 5.88 Å². The predicted octanol–water partition coefficient (Wildman–Crippen LogP) is 2.64. The van der Waals surface area contributed by atoms with Crippen LogP contribution in [-0.2, 0) is 6.54 Å². The lowest BCUT2D eigenvalue weighted by Crippen LogP contribution is -2.21. The summed E-state index contributed by atoms with van der Waals surface area (Å²) in [5.74, 6) is 0.803. The van der Waals surface area contributed by atoms with Crippen molar-refractivity contribution in [2.75, 3.05) is 18.0 Å². The Balaban J connectivity index is 1.81. The molecule has 1 atom stereocenters. The molecule has 21 heavy (non-hydrogen) atoms. The van der Waals surface area contributed by atoms with Crippen LogP contribution in [0.4, 0.5) is 11.6 Å². The van der Waals surface area contributed by atoms with Gasteiger partial charge in [0, 0.05) is 18.2 Å². The molecule has 3 rings (SSSR count). The van der Waals surface area contributed by atoms with Crippen molar-refractivity contribution in [3.05, 3.63) is 57.8 Å². The minimum Gasteiger partial charge on any atom is -0.404 e. The van der Waals surface area contributed by atoms with Gasteiger partial charge in [-0.2, -0.15) is 0 Å². The first-order valence-corrected chi connectivity index (χ1v) is 6.96. The summed E-state index contributed by atoms with van der Waals surface area (Å²) < 4.78 is 5.25. The SMILES string of the molecule is NCCC1CN(Cc2ccc([N+](=O)[O-])o2)c2ccccc21. The molecule has 1 aromatic carbocycles. The molecule has 6 heteroatoms. The molecule has 1 aliphatic heterocycles. The minimum atomic E-state index is -0.515. The lowest BCUT2D eigenvalue weighted by molar-refractivity contribution is -0.402. The van der Waals surface area contributed by atoms with E-state index in [4.69, 9.17) is 10.2 Å². The van der Waals surface area contributed by atoms with Crippen LogP contribution in [0.5, 0.6) is 0 Å². The van der Waals surface area contributed by atoms with E-state index in [-0.39, 0.29) is 5.88 Å². The Morgan fingerprint density at radius 3 is 2.86 bits per heavy atom. The summed E-state index contributed by atoms with van der Waals surface area (Å²) in [6, 6.07) is 11.3. The van der Waals surface area contributed by atoms with Gasteiger partial charge in [-0.05, 0) is 30.7 Å². The smallest absolute Gasteiger partial charge is 0.404 e. The van der Waals surface area contributed by atoms with Crippen molar-refractivity contribution in [1.29, 1.82) is 0 Å². The number of fused-ring (bicyclic) bond motifs is 1. The third-order valence-corrected chi connectivity index (χ3v) is 3.85. The van der Waals surface area contributed by atoms with Gasteiger partial charge in [0.05, 0.1) is 12.6 Å². The molecule has 0 saturated carbocycles. The van der Waals surface area contributed by atoms with Gasteiger partial charge in [-0.1, -0.05) is 18.2 Å². The molecule has 1 unspecified atom stereocenters. The van der Waals surface area contributed by atoms with Crippen LogP contribution in [0.1, 0.15) is 23.7 Å². The minimum absolute atomic E-state index is 0.212. The van der Waals surface area contributed by atoms with Crippen LogP contribution in [0.25, 0.3) is 0 Å². The van der Waals surface area contributed by atoms with E-state index in [1.807, 2.05) is 12.1 Å². The van der Waals surface area contributed by atoms with Gasteiger partial charge in [-0.3, -0.25) is 10.1 Å². The highest BCUT2D eigenvalue weighted by molar-refractivity contribution is 5.60. The second-order valence-electron chi connectivity index (χ2n) is 5.21. The highest BCUT2D eigenvalue weighted by Gasteiger charge is 2.28. The van der Waals surface area contributed by atoms with Gasteiger partial charge < -0.3 is 15.1 Å². The first kappa shape index (κ1) is 13.6. The summed E-state index contributed by atoms with van der Waals surface area (Å²) in [5, 5.41) is 10.7. The highest BCUT2D eigenvalue weighted by atomic mass is 16.6. The third-order valence-electron chi connectivity index (χ3n) is 3.85. The van der Waals surface area contributed by atoms with Crippen molar-refractivity contribution < 1.29 is 9.34 Å². The Labute approximate surface area is 122 Å². The zero-order chi connectivity index (χ0) is 14.8. The molecular weight excluding hydrogens is 270 g/mol. The van der Waals surface area contributed by atoms with Crippen LogP contribution in [0.3, 0.4) is 0 Å². The number of anilines is 1. The number of furan rings is 1. The quantitative estimate of drug-likeness (QED) is 0.675. The molecule has 0 spiro atoms. The second kappa shape index (κ2) is 5.57. The number of nitrogens with zero attached hydrogens (tertiary/aromatic N) is 2. The number of hydrogen-bond acceptors (Lipinski definition) is 5. The molecule has 2 heterocycles. The zero-order valence-corrected chi connectivity index (χ0v) is 11.6. The summed E-state index contributed by atoms with van der Waals surface area (Å²) in [6.07, 6.45) is 0.936. The van der Waals surface area contributed by atoms with Crippen LogP contribution in [-0.4, -0.2) is 18.0 Å². The zero-order valence-electron chi connectivity index (χ0n) is 11.6. The van der Waals surface area contributed by atoms with Crippen LogP contribution in [0.2, 0.25) is 0 Å². The summed E-state index contributed by atoms with van der Waals surface area (Å²) in [5.41, 5.74) is 8.15. The fourth-order valence-corrected chi connectivity index (χ4v) is 2.92. The van der Waals surface area contributed by atoms with Gasteiger partial charge in [0.25, 0.3) is 0 Å². The lowest BCUT2D eigenvalue weighted by Gasteiger charge is -2.18. The Hall–Kier alpha value is -2.34. The molecule has 0 aliphatic carbocycles. The van der Waals surface area contributed by atoms with E-state index in [2.05, 4.69) is 17.0 Å². The molecule has 2 N–H and O–H groups in total. The van der Waals surface area contributed by atoms with E-state index in [1.165, 1.54) is 11.6 Å². The van der Waals surface area contributed by atoms with Crippen LogP contribution in [0, 0.1) is 10.1 Å². The van der Waals surface area contributed by atoms with Crippen LogP contribution in [0.15, 0.2) is 40.8 Å². The maximum absolute atomic E-state index is 10.7. The molecule has 0 fully saturated rings. The van der Waals surface area contributed by atoms with Crippen molar-refractivity contribution in [2.24, 2.45) is 5.73 Å². The van der Waals surface area contributed by atoms with E-state index in [9.17, 15) is 10.1 Å². The molecule has 110 valence electrons. The first-order chi connectivity index (χ1) is 10.2. The maximum Gasteiger partial charge on any atom is 0.433 e. The maximum atomic E-state index is 10.7. The number of nitrogens with two attached hydrogens (primary N) is 1. The molecule has 0 saturated heterocycles.